The fourth-order valence-electron chi connectivity index (χ4n) is 2.95. The van der Waals surface area contributed by atoms with Crippen LogP contribution in [0.25, 0.3) is 0 Å². The first-order valence-electron chi connectivity index (χ1n) is 10.2. The lowest BCUT2D eigenvalue weighted by Crippen LogP contribution is -2.34. The van der Waals surface area contributed by atoms with E-state index in [1.165, 1.54) is 18.1 Å². The topological polar surface area (TPSA) is 95.0 Å². The van der Waals surface area contributed by atoms with Crippen molar-refractivity contribution in [1.29, 1.82) is 0 Å². The molecule has 1 aromatic heterocycles. The van der Waals surface area contributed by atoms with Crippen LogP contribution in [-0.4, -0.2) is 43.2 Å². The Bertz CT molecular complexity index is 1130. The first-order valence-corrected chi connectivity index (χ1v) is 11.0. The van der Waals surface area contributed by atoms with Gasteiger partial charge >= 0.3 is 11.9 Å². The number of anilines is 1. The minimum absolute atomic E-state index is 0.200. The molecule has 1 heterocycles. The quantitative estimate of drug-likeness (QED) is 0.438. The monoisotopic (exact) mass is 468 g/mol. The van der Waals surface area contributed by atoms with Gasteiger partial charge in [-0.2, -0.15) is 0 Å². The summed E-state index contributed by atoms with van der Waals surface area (Å²) in [5.41, 5.74) is 1.59. The van der Waals surface area contributed by atoms with Crippen molar-refractivity contribution in [3.8, 4) is 5.75 Å². The van der Waals surface area contributed by atoms with Gasteiger partial charge in [0.1, 0.15) is 10.6 Å². The van der Waals surface area contributed by atoms with Crippen molar-refractivity contribution >= 4 is 34.3 Å². The lowest BCUT2D eigenvalue weighted by molar-refractivity contribution is -0.121. The molecule has 0 spiro atoms. The molecule has 0 unspecified atom stereocenters. The molecule has 0 bridgehead atoms. The Hall–Kier alpha value is -3.72. The van der Waals surface area contributed by atoms with Gasteiger partial charge in [0.15, 0.2) is 11.7 Å². The van der Waals surface area contributed by atoms with Crippen molar-refractivity contribution in [2.45, 2.75) is 20.4 Å². The van der Waals surface area contributed by atoms with Crippen LogP contribution >= 0.6 is 11.3 Å². The second-order valence-corrected chi connectivity index (χ2v) is 7.88. The van der Waals surface area contributed by atoms with Crippen LogP contribution in [0.5, 0.6) is 5.75 Å². The number of hydrogen-bond acceptors (Lipinski definition) is 8. The Balaban J connectivity index is 1.80. The molecule has 0 saturated carbocycles. The Morgan fingerprint density at radius 1 is 1.00 bits per heavy atom. The van der Waals surface area contributed by atoms with E-state index in [0.717, 1.165) is 16.9 Å². The predicted octanol–water partition coefficient (Wildman–Crippen LogP) is 4.03. The highest BCUT2D eigenvalue weighted by Gasteiger charge is 2.25. The summed E-state index contributed by atoms with van der Waals surface area (Å²) in [6, 6.07) is 15.8. The van der Waals surface area contributed by atoms with E-state index in [1.807, 2.05) is 30.3 Å². The average molecular weight is 469 g/mol. The number of amides is 1. The zero-order valence-electron chi connectivity index (χ0n) is 18.6. The zero-order valence-corrected chi connectivity index (χ0v) is 19.4. The number of nitrogens with zero attached hydrogens (tertiary/aromatic N) is 2. The molecule has 8 nitrogen and oxygen atoms in total. The highest BCUT2D eigenvalue weighted by Crippen LogP contribution is 2.28. The molecule has 0 radical (unpaired) electrons. The number of thiazole rings is 1. The SMILES string of the molecule is CCOC(=O)c1sc(N(Cc2ccccc2)C(=O)COC(=O)c2cccc(OC)c2)nc1C. The second kappa shape index (κ2) is 11.2. The normalized spacial score (nSPS) is 10.4. The molecule has 1 amide bonds. The number of carbonyl (C=O) groups is 3. The fraction of sp³-hybridized carbons (Fsp3) is 0.250. The van der Waals surface area contributed by atoms with Gasteiger partial charge in [-0.15, -0.1) is 0 Å². The van der Waals surface area contributed by atoms with Crippen LogP contribution in [0.3, 0.4) is 0 Å². The van der Waals surface area contributed by atoms with E-state index in [1.54, 1.807) is 32.0 Å². The molecule has 3 aromatic rings. The third kappa shape index (κ3) is 6.17. The van der Waals surface area contributed by atoms with Gasteiger partial charge in [-0.25, -0.2) is 14.6 Å². The molecule has 0 N–H and O–H groups in total. The Morgan fingerprint density at radius 2 is 1.76 bits per heavy atom. The summed E-state index contributed by atoms with van der Waals surface area (Å²) < 4.78 is 15.4. The Labute approximate surface area is 195 Å². The molecule has 9 heteroatoms. The van der Waals surface area contributed by atoms with Crippen molar-refractivity contribution in [3.63, 3.8) is 0 Å². The summed E-state index contributed by atoms with van der Waals surface area (Å²) in [6.45, 7) is 3.34. The number of carbonyl (C=O) groups excluding carboxylic acids is 3. The highest BCUT2D eigenvalue weighted by atomic mass is 32.1. The van der Waals surface area contributed by atoms with Gasteiger partial charge in [0.05, 0.1) is 31.5 Å². The van der Waals surface area contributed by atoms with Gasteiger partial charge in [-0.05, 0) is 37.6 Å². The maximum Gasteiger partial charge on any atom is 0.350 e. The molecule has 0 aliphatic carbocycles. The number of benzene rings is 2. The molecule has 2 aromatic carbocycles. The number of hydrogen-bond donors (Lipinski definition) is 0. The molecule has 0 saturated heterocycles. The molecular weight excluding hydrogens is 444 g/mol. The predicted molar refractivity (Wildman–Crippen MR) is 124 cm³/mol. The first-order chi connectivity index (χ1) is 15.9. The van der Waals surface area contributed by atoms with E-state index in [2.05, 4.69) is 4.98 Å². The third-order valence-electron chi connectivity index (χ3n) is 4.59. The first kappa shape index (κ1) is 23.9. The van der Waals surface area contributed by atoms with Crippen molar-refractivity contribution in [2.24, 2.45) is 0 Å². The van der Waals surface area contributed by atoms with Gasteiger partial charge in [0.2, 0.25) is 0 Å². The summed E-state index contributed by atoms with van der Waals surface area (Å²) in [6.07, 6.45) is 0. The second-order valence-electron chi connectivity index (χ2n) is 6.91. The fourth-order valence-corrected chi connectivity index (χ4v) is 3.93. The summed E-state index contributed by atoms with van der Waals surface area (Å²) in [7, 11) is 1.50. The molecular formula is C24H24N2O6S. The number of rotatable bonds is 9. The van der Waals surface area contributed by atoms with Crippen LogP contribution in [0.2, 0.25) is 0 Å². The van der Waals surface area contributed by atoms with Gasteiger partial charge < -0.3 is 14.2 Å². The van der Waals surface area contributed by atoms with E-state index < -0.39 is 24.5 Å². The molecule has 0 fully saturated rings. The van der Waals surface area contributed by atoms with Crippen molar-refractivity contribution in [1.82, 2.24) is 4.98 Å². The smallest absolute Gasteiger partial charge is 0.350 e. The average Bonchev–Trinajstić information content (AvgIpc) is 3.22. The van der Waals surface area contributed by atoms with E-state index in [9.17, 15) is 14.4 Å². The highest BCUT2D eigenvalue weighted by molar-refractivity contribution is 7.17. The van der Waals surface area contributed by atoms with Crippen LogP contribution in [0.1, 0.15) is 38.2 Å². The Kier molecular flexibility index (Phi) is 8.15. The van der Waals surface area contributed by atoms with Crippen LogP contribution in [0.4, 0.5) is 5.13 Å². The summed E-state index contributed by atoms with van der Waals surface area (Å²) in [5, 5.41) is 0.321. The van der Waals surface area contributed by atoms with Crippen molar-refractivity contribution in [3.05, 3.63) is 76.3 Å². The number of methoxy groups -OCH3 is 1. The lowest BCUT2D eigenvalue weighted by atomic mass is 10.2. The molecule has 0 atom stereocenters. The van der Waals surface area contributed by atoms with Crippen LogP contribution < -0.4 is 9.64 Å². The number of aromatic nitrogens is 1. The van der Waals surface area contributed by atoms with E-state index >= 15 is 0 Å². The van der Waals surface area contributed by atoms with Gasteiger partial charge in [-0.1, -0.05) is 47.7 Å². The van der Waals surface area contributed by atoms with Crippen LogP contribution in [0.15, 0.2) is 54.6 Å². The summed E-state index contributed by atoms with van der Waals surface area (Å²) >= 11 is 1.06. The van der Waals surface area contributed by atoms with E-state index in [0.29, 0.717) is 21.5 Å². The van der Waals surface area contributed by atoms with Crippen molar-refractivity contribution < 1.29 is 28.6 Å². The van der Waals surface area contributed by atoms with Crippen LogP contribution in [-0.2, 0) is 20.8 Å². The lowest BCUT2D eigenvalue weighted by Gasteiger charge is -2.20. The maximum absolute atomic E-state index is 13.1. The molecule has 3 rings (SSSR count). The zero-order chi connectivity index (χ0) is 23.8. The van der Waals surface area contributed by atoms with E-state index in [-0.39, 0.29) is 18.7 Å². The molecule has 33 heavy (non-hydrogen) atoms. The number of aryl methyl sites for hydroxylation is 1. The van der Waals surface area contributed by atoms with Crippen LogP contribution in [0, 0.1) is 6.92 Å². The maximum atomic E-state index is 13.1. The Morgan fingerprint density at radius 3 is 2.45 bits per heavy atom. The van der Waals surface area contributed by atoms with E-state index in [4.69, 9.17) is 14.2 Å². The third-order valence-corrected chi connectivity index (χ3v) is 5.75. The van der Waals surface area contributed by atoms with Crippen molar-refractivity contribution in [2.75, 3.05) is 25.2 Å². The minimum Gasteiger partial charge on any atom is -0.497 e. The minimum atomic E-state index is -0.649. The molecule has 0 aliphatic rings. The summed E-state index contributed by atoms with van der Waals surface area (Å²) in [4.78, 5) is 43.9. The standard InChI is InChI=1S/C24H24N2O6S/c1-4-31-23(29)21-16(2)25-24(33-21)26(14-17-9-6-5-7-10-17)20(27)15-32-22(28)18-11-8-12-19(13-18)30-3/h5-13H,4,14-15H2,1-3H3. The van der Waals surface area contributed by atoms with Gasteiger partial charge in [0, 0.05) is 0 Å². The molecule has 172 valence electrons. The van der Waals surface area contributed by atoms with Gasteiger partial charge in [0.25, 0.3) is 5.91 Å². The number of esters is 2. The summed E-state index contributed by atoms with van der Waals surface area (Å²) in [5.74, 6) is -1.11. The largest absolute Gasteiger partial charge is 0.497 e. The molecule has 0 aliphatic heterocycles. The number of ether oxygens (including phenoxy) is 3. The van der Waals surface area contributed by atoms with Gasteiger partial charge in [-0.3, -0.25) is 9.69 Å².